The number of ether oxygens (including phenoxy) is 1. The molecule has 1 N–H and O–H groups in total. The van der Waals surface area contributed by atoms with Gasteiger partial charge in [-0.3, -0.25) is 14.9 Å². The van der Waals surface area contributed by atoms with Crippen molar-refractivity contribution in [2.24, 2.45) is 0 Å². The highest BCUT2D eigenvalue weighted by atomic mass is 16.5. The van der Waals surface area contributed by atoms with Gasteiger partial charge in [0.05, 0.1) is 12.8 Å². The fraction of sp³-hybridized carbons (Fsp3) is 0.125. The summed E-state index contributed by atoms with van der Waals surface area (Å²) in [4.78, 5) is 39.1. The Bertz CT molecular complexity index is 1270. The van der Waals surface area contributed by atoms with E-state index < -0.39 is 17.8 Å². The molecule has 1 aliphatic carbocycles. The van der Waals surface area contributed by atoms with Crippen LogP contribution in [-0.4, -0.2) is 25.0 Å². The van der Waals surface area contributed by atoms with Crippen LogP contribution in [0.2, 0.25) is 0 Å². The number of imide groups is 2. The van der Waals surface area contributed by atoms with Crippen molar-refractivity contribution in [3.05, 3.63) is 76.9 Å². The van der Waals surface area contributed by atoms with Crippen LogP contribution in [-0.2, 0) is 22.4 Å². The maximum absolute atomic E-state index is 13.2. The first-order valence-electron chi connectivity index (χ1n) is 9.66. The Balaban J connectivity index is 1.61. The lowest BCUT2D eigenvalue weighted by Crippen LogP contribution is -2.54. The summed E-state index contributed by atoms with van der Waals surface area (Å²) in [6, 6.07) is 15.9. The zero-order valence-electron chi connectivity index (χ0n) is 16.3. The molecule has 0 radical (unpaired) electrons. The summed E-state index contributed by atoms with van der Waals surface area (Å²) in [7, 11) is 1.50. The lowest BCUT2D eigenvalue weighted by atomic mass is 9.97. The van der Waals surface area contributed by atoms with Crippen LogP contribution in [0.3, 0.4) is 0 Å². The number of hydrogen-bond acceptors (Lipinski definition) is 4. The number of benzene rings is 3. The molecule has 3 aromatic carbocycles. The first kappa shape index (κ1) is 18.1. The minimum atomic E-state index is -0.782. The quantitative estimate of drug-likeness (QED) is 0.540. The number of barbiturate groups is 1. The highest BCUT2D eigenvalue weighted by Crippen LogP contribution is 2.34. The smallest absolute Gasteiger partial charge is 0.335 e. The fourth-order valence-electron chi connectivity index (χ4n) is 4.19. The summed E-state index contributed by atoms with van der Waals surface area (Å²) in [5.74, 6) is -0.865. The molecule has 1 saturated heterocycles. The molecule has 3 aromatic rings. The Morgan fingerprint density at radius 3 is 2.53 bits per heavy atom. The van der Waals surface area contributed by atoms with Gasteiger partial charge in [0, 0.05) is 6.07 Å². The van der Waals surface area contributed by atoms with Crippen LogP contribution in [0.25, 0.3) is 16.8 Å². The first-order chi connectivity index (χ1) is 14.6. The minimum Gasteiger partial charge on any atom is -0.497 e. The van der Waals surface area contributed by atoms with Gasteiger partial charge < -0.3 is 4.74 Å². The Kier molecular flexibility index (Phi) is 4.13. The number of hydrogen-bond donors (Lipinski definition) is 1. The van der Waals surface area contributed by atoms with Crippen molar-refractivity contribution in [2.45, 2.75) is 12.8 Å². The second-order valence-electron chi connectivity index (χ2n) is 7.31. The van der Waals surface area contributed by atoms with E-state index >= 15 is 0 Å². The molecule has 0 unspecified atom stereocenters. The van der Waals surface area contributed by atoms with Crippen molar-refractivity contribution in [3.63, 3.8) is 0 Å². The van der Waals surface area contributed by atoms with E-state index in [1.165, 1.54) is 23.6 Å². The van der Waals surface area contributed by atoms with Gasteiger partial charge in [0.15, 0.2) is 0 Å². The molecular formula is C24H18N2O4. The number of nitrogens with one attached hydrogen (secondary N) is 1. The molecule has 1 heterocycles. The number of nitrogens with zero attached hydrogens (tertiary/aromatic N) is 1. The third kappa shape index (κ3) is 2.76. The maximum Gasteiger partial charge on any atom is 0.335 e. The van der Waals surface area contributed by atoms with Gasteiger partial charge in [-0.25, -0.2) is 9.69 Å². The third-order valence-corrected chi connectivity index (χ3v) is 5.62. The van der Waals surface area contributed by atoms with Gasteiger partial charge in [0.25, 0.3) is 11.8 Å². The molecule has 5 rings (SSSR count). The Hall–Kier alpha value is -3.93. The number of urea groups is 1. The van der Waals surface area contributed by atoms with E-state index in [0.717, 1.165) is 28.7 Å². The van der Waals surface area contributed by atoms with Crippen LogP contribution >= 0.6 is 0 Å². The van der Waals surface area contributed by atoms with Gasteiger partial charge in [0.1, 0.15) is 11.3 Å². The SMILES string of the molecule is COc1cccc(N2C(=O)NC(=O)/C(=C\c3ccc4c5c(cccc35)CC4)C2=O)c1. The second kappa shape index (κ2) is 6.84. The standard InChI is InChI=1S/C24H18N2O4/c1-30-18-6-3-5-17(13-18)26-23(28)20(22(27)25-24(26)29)12-16-11-10-15-9-8-14-4-2-7-19(16)21(14)15/h2-7,10-13H,8-9H2,1H3,(H,25,27,29)/b20-12+. The highest BCUT2D eigenvalue weighted by molar-refractivity contribution is 6.39. The van der Waals surface area contributed by atoms with Gasteiger partial charge in [-0.05, 0) is 58.5 Å². The van der Waals surface area contributed by atoms with Crippen LogP contribution in [0.1, 0.15) is 16.7 Å². The summed E-state index contributed by atoms with van der Waals surface area (Å²) >= 11 is 0. The second-order valence-corrected chi connectivity index (χ2v) is 7.31. The van der Waals surface area contributed by atoms with E-state index in [9.17, 15) is 14.4 Å². The molecular weight excluding hydrogens is 380 g/mol. The van der Waals surface area contributed by atoms with E-state index in [-0.39, 0.29) is 5.57 Å². The number of methoxy groups -OCH3 is 1. The van der Waals surface area contributed by atoms with E-state index in [2.05, 4.69) is 11.4 Å². The van der Waals surface area contributed by atoms with Crippen molar-refractivity contribution < 1.29 is 19.1 Å². The Labute approximate surface area is 172 Å². The topological polar surface area (TPSA) is 75.7 Å². The minimum absolute atomic E-state index is 0.0869. The predicted octanol–water partition coefficient (Wildman–Crippen LogP) is 3.61. The van der Waals surface area contributed by atoms with Crippen LogP contribution in [0.4, 0.5) is 10.5 Å². The fourth-order valence-corrected chi connectivity index (χ4v) is 4.19. The van der Waals surface area contributed by atoms with E-state index in [0.29, 0.717) is 11.4 Å². The summed E-state index contributed by atoms with van der Waals surface area (Å²) in [5, 5.41) is 4.46. The summed E-state index contributed by atoms with van der Waals surface area (Å²) in [6.45, 7) is 0. The van der Waals surface area contributed by atoms with Crippen molar-refractivity contribution in [2.75, 3.05) is 12.0 Å². The number of aryl methyl sites for hydroxylation is 2. The molecule has 1 fully saturated rings. The molecule has 0 saturated carbocycles. The van der Waals surface area contributed by atoms with Crippen molar-refractivity contribution >= 4 is 40.4 Å². The highest BCUT2D eigenvalue weighted by Gasteiger charge is 2.37. The molecule has 6 heteroatoms. The zero-order chi connectivity index (χ0) is 20.8. The molecule has 0 bridgehead atoms. The third-order valence-electron chi connectivity index (χ3n) is 5.62. The largest absolute Gasteiger partial charge is 0.497 e. The normalized spacial score (nSPS) is 17.0. The van der Waals surface area contributed by atoms with Crippen molar-refractivity contribution in [1.82, 2.24) is 5.32 Å². The summed E-state index contributed by atoms with van der Waals surface area (Å²) < 4.78 is 5.19. The monoisotopic (exact) mass is 398 g/mol. The van der Waals surface area contributed by atoms with Crippen molar-refractivity contribution in [3.8, 4) is 5.75 Å². The lowest BCUT2D eigenvalue weighted by molar-refractivity contribution is -0.122. The predicted molar refractivity (Wildman–Crippen MR) is 113 cm³/mol. The average molecular weight is 398 g/mol. The number of amides is 4. The molecule has 4 amide bonds. The molecule has 1 aliphatic heterocycles. The molecule has 2 aliphatic rings. The van der Waals surface area contributed by atoms with Crippen LogP contribution < -0.4 is 15.0 Å². The van der Waals surface area contributed by atoms with Crippen LogP contribution in [0, 0.1) is 0 Å². The van der Waals surface area contributed by atoms with Crippen LogP contribution in [0.5, 0.6) is 5.75 Å². The number of rotatable bonds is 3. The van der Waals surface area contributed by atoms with Gasteiger partial charge >= 0.3 is 6.03 Å². The first-order valence-corrected chi connectivity index (χ1v) is 9.66. The van der Waals surface area contributed by atoms with E-state index in [4.69, 9.17) is 4.74 Å². The number of carbonyl (C=O) groups excluding carboxylic acids is 3. The molecule has 0 aromatic heterocycles. The van der Waals surface area contributed by atoms with Gasteiger partial charge in [0.2, 0.25) is 0 Å². The van der Waals surface area contributed by atoms with Crippen LogP contribution in [0.15, 0.2) is 60.2 Å². The van der Waals surface area contributed by atoms with Gasteiger partial charge in [-0.2, -0.15) is 0 Å². The molecule has 6 nitrogen and oxygen atoms in total. The Morgan fingerprint density at radius 1 is 0.967 bits per heavy atom. The molecule has 148 valence electrons. The average Bonchev–Trinajstić information content (AvgIpc) is 3.17. The number of carbonyl (C=O) groups is 3. The Morgan fingerprint density at radius 2 is 1.73 bits per heavy atom. The van der Waals surface area contributed by atoms with Crippen molar-refractivity contribution in [1.29, 1.82) is 0 Å². The van der Waals surface area contributed by atoms with E-state index in [1.807, 2.05) is 24.3 Å². The summed E-state index contributed by atoms with van der Waals surface area (Å²) in [6.07, 6.45) is 3.55. The van der Waals surface area contributed by atoms with Gasteiger partial charge in [-0.1, -0.05) is 36.4 Å². The van der Waals surface area contributed by atoms with E-state index in [1.54, 1.807) is 30.3 Å². The molecule has 0 atom stereocenters. The zero-order valence-corrected chi connectivity index (χ0v) is 16.3. The molecule has 0 spiro atoms. The molecule has 30 heavy (non-hydrogen) atoms. The summed E-state index contributed by atoms with van der Waals surface area (Å²) in [5.41, 5.74) is 3.56. The van der Waals surface area contributed by atoms with Gasteiger partial charge in [-0.15, -0.1) is 0 Å². The maximum atomic E-state index is 13.2. The lowest BCUT2D eigenvalue weighted by Gasteiger charge is -2.26. The number of anilines is 1.